The van der Waals surface area contributed by atoms with E-state index in [9.17, 15) is 9.59 Å². The van der Waals surface area contributed by atoms with Crippen LogP contribution >= 0.6 is 11.6 Å². The van der Waals surface area contributed by atoms with Crippen LogP contribution in [0.5, 0.6) is 0 Å². The number of carbonyl (C=O) groups excluding carboxylic acids is 2. The molecule has 1 saturated heterocycles. The molecule has 0 radical (unpaired) electrons. The molecule has 1 aliphatic heterocycles. The van der Waals surface area contributed by atoms with Gasteiger partial charge in [-0.25, -0.2) is 15.0 Å². The van der Waals surface area contributed by atoms with Crippen molar-refractivity contribution in [3.63, 3.8) is 0 Å². The second kappa shape index (κ2) is 9.44. The third-order valence-electron chi connectivity index (χ3n) is 6.48. The van der Waals surface area contributed by atoms with Crippen LogP contribution in [0.4, 0.5) is 11.5 Å². The van der Waals surface area contributed by atoms with Crippen molar-refractivity contribution in [3.05, 3.63) is 41.5 Å². The summed E-state index contributed by atoms with van der Waals surface area (Å²) in [6, 6.07) is 3.77. The predicted octanol–water partition coefficient (Wildman–Crippen LogP) is 4.12. The quantitative estimate of drug-likeness (QED) is 0.579. The highest BCUT2D eigenvalue weighted by Crippen LogP contribution is 2.33. The van der Waals surface area contributed by atoms with Gasteiger partial charge in [0.05, 0.1) is 5.02 Å². The highest BCUT2D eigenvalue weighted by atomic mass is 35.5. The molecular formula is C23H25ClN6O3. The normalized spacial score (nSPS) is 21.2. The van der Waals surface area contributed by atoms with E-state index < -0.39 is 5.91 Å². The van der Waals surface area contributed by atoms with Gasteiger partial charge in [0.25, 0.3) is 5.91 Å². The zero-order chi connectivity index (χ0) is 22.8. The molecule has 0 unspecified atom stereocenters. The lowest BCUT2D eigenvalue weighted by Crippen LogP contribution is -2.38. The van der Waals surface area contributed by atoms with Gasteiger partial charge in [0.2, 0.25) is 17.4 Å². The Morgan fingerprint density at radius 1 is 1.00 bits per heavy atom. The fourth-order valence-corrected chi connectivity index (χ4v) is 4.87. The summed E-state index contributed by atoms with van der Waals surface area (Å²) in [6.45, 7) is 2.34. The van der Waals surface area contributed by atoms with Gasteiger partial charge in [-0.15, -0.1) is 0 Å². The van der Waals surface area contributed by atoms with Crippen LogP contribution in [-0.2, 0) is 4.79 Å². The van der Waals surface area contributed by atoms with Crippen LogP contribution in [0.3, 0.4) is 0 Å². The number of aromatic nitrogens is 3. The van der Waals surface area contributed by atoms with E-state index in [0.29, 0.717) is 22.4 Å². The van der Waals surface area contributed by atoms with Gasteiger partial charge in [0.15, 0.2) is 5.52 Å². The number of furan rings is 1. The van der Waals surface area contributed by atoms with Crippen LogP contribution in [0, 0.1) is 5.92 Å². The highest BCUT2D eigenvalue weighted by molar-refractivity contribution is 6.30. The minimum Gasteiger partial charge on any atom is -0.429 e. The molecule has 2 amide bonds. The smallest absolute Gasteiger partial charge is 0.294 e. The molecule has 172 valence electrons. The highest BCUT2D eigenvalue weighted by Gasteiger charge is 2.32. The van der Waals surface area contributed by atoms with Crippen LogP contribution in [0.15, 0.2) is 35.1 Å². The maximum Gasteiger partial charge on any atom is 0.294 e. The van der Waals surface area contributed by atoms with Crippen molar-refractivity contribution >= 4 is 46.2 Å². The number of anilines is 2. The first kappa shape index (κ1) is 21.8. The Morgan fingerprint density at radius 2 is 1.76 bits per heavy atom. The average Bonchev–Trinajstić information content (AvgIpc) is 3.50. The average molecular weight is 469 g/mol. The standard InChI is InChI=1S/C23H25ClN6O3/c24-15-5-8-17(27-13-15)28-22(32)20-18(19-23(33-20)26-10-9-25-19)29-21(31)14-3-6-16(7-4-14)30-11-1-2-12-30/h5,8-10,13-14,16H,1-4,6-7,11-12H2,(H,29,31)(H,27,28,32). The van der Waals surface area contributed by atoms with Crippen LogP contribution in [0.2, 0.25) is 5.02 Å². The van der Waals surface area contributed by atoms with Gasteiger partial charge in [-0.3, -0.25) is 9.59 Å². The Kier molecular flexibility index (Phi) is 6.24. The molecule has 9 nitrogen and oxygen atoms in total. The van der Waals surface area contributed by atoms with Crippen molar-refractivity contribution in [2.24, 2.45) is 5.92 Å². The molecule has 2 aliphatic rings. The zero-order valence-electron chi connectivity index (χ0n) is 18.1. The summed E-state index contributed by atoms with van der Waals surface area (Å²) >= 11 is 5.86. The van der Waals surface area contributed by atoms with E-state index in [2.05, 4.69) is 30.5 Å². The Hall–Kier alpha value is -3.04. The molecular weight excluding hydrogens is 444 g/mol. The van der Waals surface area contributed by atoms with Crippen molar-refractivity contribution in [2.45, 2.75) is 44.6 Å². The van der Waals surface area contributed by atoms with Gasteiger partial charge in [0.1, 0.15) is 11.5 Å². The summed E-state index contributed by atoms with van der Waals surface area (Å²) in [5.41, 5.74) is 0.752. The molecule has 33 heavy (non-hydrogen) atoms. The van der Waals surface area contributed by atoms with Crippen LogP contribution in [-0.4, -0.2) is 50.8 Å². The largest absolute Gasteiger partial charge is 0.429 e. The van der Waals surface area contributed by atoms with Crippen molar-refractivity contribution in [1.82, 2.24) is 19.9 Å². The fraction of sp³-hybridized carbons (Fsp3) is 0.435. The predicted molar refractivity (Wildman–Crippen MR) is 124 cm³/mol. The van der Waals surface area contributed by atoms with Crippen LogP contribution in [0.1, 0.15) is 49.1 Å². The van der Waals surface area contributed by atoms with Crippen molar-refractivity contribution in [1.29, 1.82) is 0 Å². The zero-order valence-corrected chi connectivity index (χ0v) is 18.8. The molecule has 3 aromatic heterocycles. The first-order valence-corrected chi connectivity index (χ1v) is 11.7. The lowest BCUT2D eigenvalue weighted by atomic mass is 9.85. The topological polar surface area (TPSA) is 113 Å². The van der Waals surface area contributed by atoms with E-state index >= 15 is 0 Å². The molecule has 0 atom stereocenters. The van der Waals surface area contributed by atoms with E-state index in [-0.39, 0.29) is 29.0 Å². The van der Waals surface area contributed by atoms with Gasteiger partial charge in [-0.2, -0.15) is 0 Å². The van der Waals surface area contributed by atoms with Crippen molar-refractivity contribution in [3.8, 4) is 0 Å². The number of amides is 2. The molecule has 1 saturated carbocycles. The Bertz CT molecular complexity index is 1150. The number of pyridine rings is 1. The van der Waals surface area contributed by atoms with E-state index in [0.717, 1.165) is 25.7 Å². The van der Waals surface area contributed by atoms with E-state index in [4.69, 9.17) is 16.0 Å². The fourth-order valence-electron chi connectivity index (χ4n) is 4.76. The lowest BCUT2D eigenvalue weighted by molar-refractivity contribution is -0.121. The SMILES string of the molecule is O=C(Nc1ccc(Cl)cn1)c1oc2nccnc2c1NC(=O)C1CCC(N2CCCC2)CC1. The van der Waals surface area contributed by atoms with Crippen LogP contribution in [0.25, 0.3) is 11.2 Å². The summed E-state index contributed by atoms with van der Waals surface area (Å²) in [5, 5.41) is 6.03. The molecule has 1 aliphatic carbocycles. The Labute approximate surface area is 195 Å². The molecule has 2 fully saturated rings. The van der Waals surface area contributed by atoms with Crippen molar-refractivity contribution < 1.29 is 14.0 Å². The van der Waals surface area contributed by atoms with Gasteiger partial charge in [0, 0.05) is 30.6 Å². The number of hydrogen-bond acceptors (Lipinski definition) is 7. The lowest BCUT2D eigenvalue weighted by Gasteiger charge is -2.33. The third-order valence-corrected chi connectivity index (χ3v) is 6.70. The maximum absolute atomic E-state index is 13.1. The minimum absolute atomic E-state index is 0.0629. The first-order chi connectivity index (χ1) is 16.1. The molecule has 10 heteroatoms. The van der Waals surface area contributed by atoms with E-state index in [1.54, 1.807) is 12.1 Å². The summed E-state index contributed by atoms with van der Waals surface area (Å²) in [6.07, 6.45) is 10.6. The first-order valence-electron chi connectivity index (χ1n) is 11.3. The number of hydrogen-bond donors (Lipinski definition) is 2. The second-order valence-electron chi connectivity index (χ2n) is 8.57. The summed E-state index contributed by atoms with van der Waals surface area (Å²) < 4.78 is 5.67. The maximum atomic E-state index is 13.1. The van der Waals surface area contributed by atoms with Gasteiger partial charge < -0.3 is 20.0 Å². The number of likely N-dealkylation sites (tertiary alicyclic amines) is 1. The van der Waals surface area contributed by atoms with Gasteiger partial charge >= 0.3 is 0 Å². The van der Waals surface area contributed by atoms with E-state index in [1.807, 2.05) is 0 Å². The molecule has 0 aromatic carbocycles. The number of nitrogens with one attached hydrogen (secondary N) is 2. The van der Waals surface area contributed by atoms with E-state index in [1.165, 1.54) is 44.5 Å². The number of carbonyl (C=O) groups is 2. The third kappa shape index (κ3) is 4.69. The molecule has 2 N–H and O–H groups in total. The Morgan fingerprint density at radius 3 is 2.48 bits per heavy atom. The molecule has 5 rings (SSSR count). The monoisotopic (exact) mass is 468 g/mol. The number of halogens is 1. The minimum atomic E-state index is -0.558. The summed E-state index contributed by atoms with van der Waals surface area (Å²) in [4.78, 5) is 41.1. The van der Waals surface area contributed by atoms with Gasteiger partial charge in [-0.05, 0) is 63.7 Å². The number of fused-ring (bicyclic) bond motifs is 1. The van der Waals surface area contributed by atoms with Crippen LogP contribution < -0.4 is 10.6 Å². The molecule has 0 spiro atoms. The summed E-state index contributed by atoms with van der Waals surface area (Å²) in [5.74, 6) is -0.547. The van der Waals surface area contributed by atoms with Gasteiger partial charge in [-0.1, -0.05) is 11.6 Å². The summed E-state index contributed by atoms with van der Waals surface area (Å²) in [7, 11) is 0. The molecule has 3 aromatic rings. The number of rotatable bonds is 5. The second-order valence-corrected chi connectivity index (χ2v) is 9.01. The molecule has 4 heterocycles. The van der Waals surface area contributed by atoms with Crippen molar-refractivity contribution in [2.75, 3.05) is 23.7 Å². The number of nitrogens with zero attached hydrogens (tertiary/aromatic N) is 4. The Balaban J connectivity index is 1.32. The molecule has 0 bridgehead atoms.